The van der Waals surface area contributed by atoms with Gasteiger partial charge in [-0.05, 0) is 49.8 Å². The SMILES string of the molecule is Cc1cc(OC[C@@H]2CC[C@@H]2CN2CCOCC2)nn1-c1ccc(Cl)c(Cl)c1. The Hall–Kier alpha value is -1.27. The first-order valence-corrected chi connectivity index (χ1v) is 10.3. The lowest BCUT2D eigenvalue weighted by molar-refractivity contribution is 0.00447. The molecular formula is C20H25Cl2N3O2. The largest absolute Gasteiger partial charge is 0.476 e. The van der Waals surface area contributed by atoms with Gasteiger partial charge in [-0.1, -0.05) is 23.2 Å². The van der Waals surface area contributed by atoms with E-state index in [-0.39, 0.29) is 0 Å². The predicted molar refractivity (Wildman–Crippen MR) is 107 cm³/mol. The van der Waals surface area contributed by atoms with Crippen LogP contribution in [0.5, 0.6) is 5.88 Å². The predicted octanol–water partition coefficient (Wildman–Crippen LogP) is 4.22. The molecule has 2 fully saturated rings. The molecule has 0 spiro atoms. The minimum atomic E-state index is 0.520. The molecule has 5 nitrogen and oxygen atoms in total. The van der Waals surface area contributed by atoms with Crippen molar-refractivity contribution >= 4 is 23.2 Å². The van der Waals surface area contributed by atoms with Crippen LogP contribution in [0.15, 0.2) is 24.3 Å². The molecule has 2 atom stereocenters. The van der Waals surface area contributed by atoms with Crippen LogP contribution in [-0.2, 0) is 4.74 Å². The Morgan fingerprint density at radius 2 is 1.89 bits per heavy atom. The van der Waals surface area contributed by atoms with Gasteiger partial charge < -0.3 is 9.47 Å². The van der Waals surface area contributed by atoms with Crippen LogP contribution in [0.4, 0.5) is 0 Å². The summed E-state index contributed by atoms with van der Waals surface area (Å²) < 4.78 is 13.3. The molecule has 2 heterocycles. The Bertz CT molecular complexity index is 790. The molecule has 2 aromatic rings. The van der Waals surface area contributed by atoms with E-state index in [9.17, 15) is 0 Å². The highest BCUT2D eigenvalue weighted by Crippen LogP contribution is 2.35. The molecule has 1 aromatic heterocycles. The molecule has 1 aliphatic heterocycles. The smallest absolute Gasteiger partial charge is 0.233 e. The van der Waals surface area contributed by atoms with Crippen LogP contribution in [0, 0.1) is 18.8 Å². The van der Waals surface area contributed by atoms with Crippen LogP contribution in [0.3, 0.4) is 0 Å². The fourth-order valence-corrected chi connectivity index (χ4v) is 4.09. The third-order valence-electron chi connectivity index (χ3n) is 5.63. The molecule has 0 unspecified atom stereocenters. The van der Waals surface area contributed by atoms with E-state index in [2.05, 4.69) is 10.00 Å². The van der Waals surface area contributed by atoms with Crippen molar-refractivity contribution < 1.29 is 9.47 Å². The highest BCUT2D eigenvalue weighted by atomic mass is 35.5. The van der Waals surface area contributed by atoms with E-state index in [1.807, 2.05) is 29.8 Å². The molecule has 0 N–H and O–H groups in total. The number of nitrogens with zero attached hydrogens (tertiary/aromatic N) is 3. The van der Waals surface area contributed by atoms with Crippen molar-refractivity contribution in [3.05, 3.63) is 40.0 Å². The minimum absolute atomic E-state index is 0.520. The molecule has 2 aliphatic rings. The van der Waals surface area contributed by atoms with Crippen LogP contribution >= 0.6 is 23.2 Å². The number of hydrogen-bond donors (Lipinski definition) is 0. The normalized spacial score (nSPS) is 23.2. The second-order valence-corrected chi connectivity index (χ2v) is 8.27. The monoisotopic (exact) mass is 409 g/mol. The zero-order chi connectivity index (χ0) is 18.8. The topological polar surface area (TPSA) is 39.5 Å². The first-order chi connectivity index (χ1) is 13.1. The molecule has 0 radical (unpaired) electrons. The van der Waals surface area contributed by atoms with Gasteiger partial charge in [0.1, 0.15) is 0 Å². The molecule has 146 valence electrons. The summed E-state index contributed by atoms with van der Waals surface area (Å²) in [7, 11) is 0. The lowest BCUT2D eigenvalue weighted by Crippen LogP contribution is -2.44. The zero-order valence-corrected chi connectivity index (χ0v) is 17.0. The summed E-state index contributed by atoms with van der Waals surface area (Å²) >= 11 is 12.1. The molecule has 0 bridgehead atoms. The third-order valence-corrected chi connectivity index (χ3v) is 6.37. The van der Waals surface area contributed by atoms with Gasteiger partial charge >= 0.3 is 0 Å². The van der Waals surface area contributed by atoms with E-state index < -0.39 is 0 Å². The van der Waals surface area contributed by atoms with Crippen molar-refractivity contribution in [1.29, 1.82) is 0 Å². The van der Waals surface area contributed by atoms with E-state index >= 15 is 0 Å². The van der Waals surface area contributed by atoms with Gasteiger partial charge in [0, 0.05) is 31.4 Å². The number of morpholine rings is 1. The van der Waals surface area contributed by atoms with Crippen LogP contribution < -0.4 is 4.74 Å². The van der Waals surface area contributed by atoms with Gasteiger partial charge in [-0.3, -0.25) is 4.90 Å². The summed E-state index contributed by atoms with van der Waals surface area (Å²) in [6.07, 6.45) is 2.53. The van der Waals surface area contributed by atoms with Crippen LogP contribution in [0.2, 0.25) is 10.0 Å². The van der Waals surface area contributed by atoms with Crippen molar-refractivity contribution in [3.63, 3.8) is 0 Å². The summed E-state index contributed by atoms with van der Waals surface area (Å²) in [5.41, 5.74) is 1.88. The molecule has 1 saturated heterocycles. The van der Waals surface area contributed by atoms with E-state index in [0.29, 0.717) is 21.8 Å². The lowest BCUT2D eigenvalue weighted by atomic mass is 9.74. The van der Waals surface area contributed by atoms with Gasteiger partial charge in [0.25, 0.3) is 0 Å². The average molecular weight is 410 g/mol. The number of ether oxygens (including phenoxy) is 2. The summed E-state index contributed by atoms with van der Waals surface area (Å²) in [4.78, 5) is 2.52. The number of hydrogen-bond acceptors (Lipinski definition) is 4. The molecule has 1 aliphatic carbocycles. The molecule has 7 heteroatoms. The summed E-state index contributed by atoms with van der Waals surface area (Å²) in [6, 6.07) is 7.48. The van der Waals surface area contributed by atoms with Crippen molar-refractivity contribution in [1.82, 2.24) is 14.7 Å². The molecule has 1 aromatic carbocycles. The van der Waals surface area contributed by atoms with Crippen molar-refractivity contribution in [2.24, 2.45) is 11.8 Å². The minimum Gasteiger partial charge on any atom is -0.476 e. The molecule has 0 amide bonds. The number of aromatic nitrogens is 2. The maximum Gasteiger partial charge on any atom is 0.233 e. The van der Waals surface area contributed by atoms with E-state index in [0.717, 1.165) is 56.8 Å². The van der Waals surface area contributed by atoms with Crippen LogP contribution in [0.1, 0.15) is 18.5 Å². The van der Waals surface area contributed by atoms with Gasteiger partial charge in [-0.15, -0.1) is 5.10 Å². The quantitative estimate of drug-likeness (QED) is 0.715. The van der Waals surface area contributed by atoms with Crippen molar-refractivity contribution in [3.8, 4) is 11.6 Å². The first-order valence-electron chi connectivity index (χ1n) is 9.55. The van der Waals surface area contributed by atoms with Crippen molar-refractivity contribution in [2.75, 3.05) is 39.5 Å². The average Bonchev–Trinajstić information content (AvgIpc) is 3.03. The summed E-state index contributed by atoms with van der Waals surface area (Å²) in [5, 5.41) is 5.65. The van der Waals surface area contributed by atoms with Gasteiger partial charge in [-0.2, -0.15) is 0 Å². The van der Waals surface area contributed by atoms with E-state index in [4.69, 9.17) is 32.7 Å². The fourth-order valence-electron chi connectivity index (χ4n) is 3.80. The number of halogens is 2. The highest BCUT2D eigenvalue weighted by Gasteiger charge is 2.33. The molecule has 27 heavy (non-hydrogen) atoms. The van der Waals surface area contributed by atoms with Gasteiger partial charge in [0.2, 0.25) is 5.88 Å². The van der Waals surface area contributed by atoms with Crippen molar-refractivity contribution in [2.45, 2.75) is 19.8 Å². The van der Waals surface area contributed by atoms with Gasteiger partial charge in [0.05, 0.1) is 35.6 Å². The lowest BCUT2D eigenvalue weighted by Gasteiger charge is -2.40. The molecule has 1 saturated carbocycles. The standard InChI is InChI=1S/C20H25Cl2N3O2/c1-14-10-20(23-25(14)17-4-5-18(21)19(22)11-17)27-13-16-3-2-15(16)12-24-6-8-26-9-7-24/h4-5,10-11,15-16H,2-3,6-9,12-13H2,1H3/t15-,16+/m1/s1. The Morgan fingerprint density at radius 1 is 1.11 bits per heavy atom. The second-order valence-electron chi connectivity index (χ2n) is 7.46. The number of benzene rings is 1. The first kappa shape index (κ1) is 19.1. The zero-order valence-electron chi connectivity index (χ0n) is 15.5. The maximum absolute atomic E-state index is 6.13. The number of rotatable bonds is 6. The Balaban J connectivity index is 1.34. The Kier molecular flexibility index (Phi) is 5.93. The maximum atomic E-state index is 6.13. The summed E-state index contributed by atoms with van der Waals surface area (Å²) in [5.74, 6) is 2.00. The second kappa shape index (κ2) is 8.39. The highest BCUT2D eigenvalue weighted by molar-refractivity contribution is 6.42. The van der Waals surface area contributed by atoms with Crippen LogP contribution in [-0.4, -0.2) is 54.1 Å². The molecular weight excluding hydrogens is 385 g/mol. The third kappa shape index (κ3) is 4.43. The van der Waals surface area contributed by atoms with E-state index in [1.54, 1.807) is 6.07 Å². The van der Waals surface area contributed by atoms with Crippen LogP contribution in [0.25, 0.3) is 5.69 Å². The molecule has 4 rings (SSSR count). The van der Waals surface area contributed by atoms with Gasteiger partial charge in [-0.25, -0.2) is 4.68 Å². The van der Waals surface area contributed by atoms with E-state index in [1.165, 1.54) is 12.8 Å². The summed E-state index contributed by atoms with van der Waals surface area (Å²) in [6.45, 7) is 7.72. The number of aryl methyl sites for hydroxylation is 1. The Labute approximate surface area is 170 Å². The fraction of sp³-hybridized carbons (Fsp3) is 0.550. The van der Waals surface area contributed by atoms with Gasteiger partial charge in [0.15, 0.2) is 0 Å². The Morgan fingerprint density at radius 3 is 2.59 bits per heavy atom.